The van der Waals surface area contributed by atoms with E-state index in [1.54, 1.807) is 8.87 Å². The molecule has 0 N–H and O–H groups in total. The number of unbranched alkanes of at least 4 members (excludes halogenated alkanes) is 2. The van der Waals surface area contributed by atoms with Gasteiger partial charge in [0, 0.05) is 13.1 Å². The van der Waals surface area contributed by atoms with Crippen LogP contribution in [0.5, 0.6) is 0 Å². The van der Waals surface area contributed by atoms with Gasteiger partial charge in [0.1, 0.15) is 4.32 Å². The fraction of sp³-hybridized carbons (Fsp3) is 0.923. The molecule has 0 fully saturated rings. The van der Waals surface area contributed by atoms with Gasteiger partial charge in [0.05, 0.1) is 0 Å². The molecule has 0 unspecified atom stereocenters. The summed E-state index contributed by atoms with van der Waals surface area (Å²) >= 11 is 8.97. The number of rotatable bonds is 8. The molecule has 0 aliphatic carbocycles. The van der Waals surface area contributed by atoms with Crippen molar-refractivity contribution in [2.75, 3.05) is 13.1 Å². The molecule has 102 valence electrons. The van der Waals surface area contributed by atoms with Crippen LogP contribution >= 0.6 is 24.8 Å². The summed E-state index contributed by atoms with van der Waals surface area (Å²) in [6.45, 7) is 10.6. The summed E-state index contributed by atoms with van der Waals surface area (Å²) < 4.78 is 3.94. The van der Waals surface area contributed by atoms with Crippen molar-refractivity contribution >= 4 is 50.3 Å². The Bertz CT molecular complexity index is 155. The molecule has 17 heavy (non-hydrogen) atoms. The number of nitrogens with zero attached hydrogens (tertiary/aromatic N) is 1. The molecule has 0 amide bonds. The first-order chi connectivity index (χ1) is 8.13. The molecule has 4 heteroatoms. The number of thiol groups is 1. The molecule has 0 aliphatic rings. The van der Waals surface area contributed by atoms with E-state index in [9.17, 15) is 0 Å². The summed E-state index contributed by atoms with van der Waals surface area (Å²) in [7, 11) is 0. The maximum absolute atomic E-state index is 4.81. The molecule has 0 aliphatic heterocycles. The zero-order valence-electron chi connectivity index (χ0n) is 12.0. The minimum absolute atomic E-state index is 0.149. The van der Waals surface area contributed by atoms with Crippen molar-refractivity contribution in [3.63, 3.8) is 0 Å². The van der Waals surface area contributed by atoms with Crippen LogP contribution in [0.2, 0.25) is 8.87 Å². The SMILES string of the molecule is CCC[CH2][Sn][CH2]CCC.CCN(CC)C(=S)S. The van der Waals surface area contributed by atoms with Gasteiger partial charge in [-0.15, -0.1) is 12.6 Å². The molecule has 0 saturated carbocycles. The van der Waals surface area contributed by atoms with Crippen molar-refractivity contribution in [1.29, 1.82) is 0 Å². The van der Waals surface area contributed by atoms with E-state index in [0.717, 1.165) is 13.1 Å². The van der Waals surface area contributed by atoms with E-state index in [0.29, 0.717) is 4.32 Å². The summed E-state index contributed by atoms with van der Waals surface area (Å²) in [5.74, 6) is 0. The fourth-order valence-electron chi connectivity index (χ4n) is 1.22. The average molecular weight is 382 g/mol. The predicted molar refractivity (Wildman–Crippen MR) is 89.7 cm³/mol. The second kappa shape index (κ2) is 17.0. The summed E-state index contributed by atoms with van der Waals surface area (Å²) in [4.78, 5) is 2.01. The third kappa shape index (κ3) is 17.0. The maximum atomic E-state index is 4.81. The monoisotopic (exact) mass is 383 g/mol. The van der Waals surface area contributed by atoms with Crippen molar-refractivity contribution in [3.05, 3.63) is 0 Å². The molecule has 0 heterocycles. The molecule has 2 radical (unpaired) electrons. The van der Waals surface area contributed by atoms with E-state index >= 15 is 0 Å². The standard InChI is InChI=1S/C5H11NS2.2C4H9.Sn/c1-3-6(4-2)5(7)8;2*1-3-4-2;/h3-4H2,1-2H3,(H,7,8);2*1,3-4H2,2H3;. The van der Waals surface area contributed by atoms with Gasteiger partial charge >= 0.3 is 69.5 Å². The third-order valence-corrected chi connectivity index (χ3v) is 7.03. The summed E-state index contributed by atoms with van der Waals surface area (Å²) in [6, 6.07) is 0. The van der Waals surface area contributed by atoms with Gasteiger partial charge in [0.25, 0.3) is 0 Å². The Morgan fingerprint density at radius 2 is 1.41 bits per heavy atom. The van der Waals surface area contributed by atoms with Gasteiger partial charge in [-0.2, -0.15) is 0 Å². The molecule has 0 bridgehead atoms. The Morgan fingerprint density at radius 1 is 1.00 bits per heavy atom. The van der Waals surface area contributed by atoms with Crippen LogP contribution in [0.25, 0.3) is 0 Å². The average Bonchev–Trinajstić information content (AvgIpc) is 2.31. The first-order valence-corrected chi connectivity index (χ1v) is 11.7. The molecule has 0 aromatic heterocycles. The summed E-state index contributed by atoms with van der Waals surface area (Å²) in [5, 5.41) is 0. The Hall–Kier alpha value is 1.04. The van der Waals surface area contributed by atoms with Gasteiger partial charge in [-0.25, -0.2) is 0 Å². The molecule has 0 aromatic carbocycles. The van der Waals surface area contributed by atoms with Crippen LogP contribution in [-0.2, 0) is 0 Å². The molecule has 0 spiro atoms. The minimum atomic E-state index is 0.149. The van der Waals surface area contributed by atoms with E-state index < -0.39 is 0 Å². The molecule has 1 nitrogen and oxygen atoms in total. The van der Waals surface area contributed by atoms with Crippen LogP contribution in [0.15, 0.2) is 0 Å². The zero-order chi connectivity index (χ0) is 13.5. The zero-order valence-corrected chi connectivity index (χ0v) is 16.5. The molecular weight excluding hydrogens is 353 g/mol. The Balaban J connectivity index is 0. The predicted octanol–water partition coefficient (Wildman–Crippen LogP) is 4.67. The van der Waals surface area contributed by atoms with Crippen LogP contribution in [-0.4, -0.2) is 43.5 Å². The van der Waals surface area contributed by atoms with Crippen molar-refractivity contribution in [2.45, 2.75) is 62.3 Å². The number of thiocarbonyl (C=S) groups is 1. The van der Waals surface area contributed by atoms with E-state index in [4.69, 9.17) is 12.2 Å². The second-order valence-electron chi connectivity index (χ2n) is 3.91. The number of hydrogen-bond donors (Lipinski definition) is 1. The van der Waals surface area contributed by atoms with Gasteiger partial charge in [-0.1, -0.05) is 12.2 Å². The Kier molecular flexibility index (Phi) is 20.4. The van der Waals surface area contributed by atoms with E-state index in [1.165, 1.54) is 25.7 Å². The molecule has 0 saturated heterocycles. The van der Waals surface area contributed by atoms with Crippen LogP contribution < -0.4 is 0 Å². The molecule has 0 aromatic rings. The second-order valence-corrected chi connectivity index (χ2v) is 9.31. The topological polar surface area (TPSA) is 3.24 Å². The van der Waals surface area contributed by atoms with E-state index in [2.05, 4.69) is 40.3 Å². The summed E-state index contributed by atoms with van der Waals surface area (Å²) in [5.41, 5.74) is 0. The quantitative estimate of drug-likeness (QED) is 0.281. The van der Waals surface area contributed by atoms with E-state index in [1.807, 2.05) is 4.90 Å². The Labute approximate surface area is 130 Å². The van der Waals surface area contributed by atoms with Crippen molar-refractivity contribution in [1.82, 2.24) is 4.90 Å². The van der Waals surface area contributed by atoms with Crippen LogP contribution in [0.3, 0.4) is 0 Å². The van der Waals surface area contributed by atoms with Crippen molar-refractivity contribution < 1.29 is 0 Å². The van der Waals surface area contributed by atoms with Gasteiger partial charge in [-0.05, 0) is 13.8 Å². The van der Waals surface area contributed by atoms with Gasteiger partial charge in [0.15, 0.2) is 0 Å². The first-order valence-electron chi connectivity index (χ1n) is 6.82. The summed E-state index contributed by atoms with van der Waals surface area (Å²) in [6.07, 6.45) is 5.84. The minimum Gasteiger partial charge on any atom is -0.358 e. The van der Waals surface area contributed by atoms with E-state index in [-0.39, 0.29) is 21.1 Å². The third-order valence-electron chi connectivity index (χ3n) is 2.45. The van der Waals surface area contributed by atoms with Crippen LogP contribution in [0.1, 0.15) is 53.4 Å². The van der Waals surface area contributed by atoms with Gasteiger partial charge < -0.3 is 4.90 Å². The maximum Gasteiger partial charge on any atom is 0.133 e. The van der Waals surface area contributed by atoms with Gasteiger partial charge in [0.2, 0.25) is 0 Å². The smallest absolute Gasteiger partial charge is 0.133 e. The van der Waals surface area contributed by atoms with Crippen LogP contribution in [0, 0.1) is 0 Å². The van der Waals surface area contributed by atoms with Crippen molar-refractivity contribution in [3.8, 4) is 0 Å². The largest absolute Gasteiger partial charge is 0.358 e. The van der Waals surface area contributed by atoms with Crippen LogP contribution in [0.4, 0.5) is 0 Å². The van der Waals surface area contributed by atoms with Crippen molar-refractivity contribution in [2.24, 2.45) is 0 Å². The number of hydrogen-bond acceptors (Lipinski definition) is 1. The Morgan fingerprint density at radius 3 is 1.59 bits per heavy atom. The fourth-order valence-corrected chi connectivity index (χ4v) is 5.92. The molecule has 0 atom stereocenters. The first kappa shape index (κ1) is 20.4. The molecule has 0 rings (SSSR count). The normalized spacial score (nSPS) is 9.47. The molecular formula is C13H29NS2Sn. The van der Waals surface area contributed by atoms with Gasteiger partial charge in [-0.3, -0.25) is 0 Å².